The summed E-state index contributed by atoms with van der Waals surface area (Å²) in [5.41, 5.74) is 3.99. The maximum Gasteiger partial charge on any atom is 0.417 e. The largest absolute Gasteiger partial charge is 0.417 e. The number of rotatable bonds is 6. The third-order valence-electron chi connectivity index (χ3n) is 2.41. The van der Waals surface area contributed by atoms with E-state index < -0.39 is 26.8 Å². The zero-order chi connectivity index (χ0) is 15.4. The molecule has 0 bridgehead atoms. The minimum Gasteiger partial charge on any atom is -0.330 e. The molecule has 1 aromatic rings. The number of benzene rings is 1. The first-order chi connectivity index (χ1) is 9.15. The summed E-state index contributed by atoms with van der Waals surface area (Å²) in [7, 11) is -3.70. The van der Waals surface area contributed by atoms with Crippen molar-refractivity contribution in [1.29, 1.82) is 0 Å². The van der Waals surface area contributed by atoms with E-state index in [1.165, 1.54) is 6.07 Å². The molecule has 3 N–H and O–H groups in total. The Kier molecular flexibility index (Phi) is 5.67. The van der Waals surface area contributed by atoms with Crippen LogP contribution in [0.4, 0.5) is 18.9 Å². The van der Waals surface area contributed by atoms with E-state index in [-0.39, 0.29) is 11.4 Å². The molecule has 0 radical (unpaired) electrons. The summed E-state index contributed by atoms with van der Waals surface area (Å²) < 4.78 is 63.3. The van der Waals surface area contributed by atoms with Gasteiger partial charge in [0.05, 0.1) is 16.3 Å². The average molecular weight is 331 g/mol. The smallest absolute Gasteiger partial charge is 0.330 e. The Labute approximate surface area is 120 Å². The van der Waals surface area contributed by atoms with E-state index in [0.29, 0.717) is 25.5 Å². The van der Waals surface area contributed by atoms with Gasteiger partial charge in [0.25, 0.3) is 0 Å². The highest BCUT2D eigenvalue weighted by atomic mass is 35.5. The molecule has 4 nitrogen and oxygen atoms in total. The molecule has 114 valence electrons. The fourth-order valence-electron chi connectivity index (χ4n) is 1.47. The van der Waals surface area contributed by atoms with Gasteiger partial charge in [0.1, 0.15) is 0 Å². The summed E-state index contributed by atoms with van der Waals surface area (Å²) in [5.74, 6) is -0.200. The van der Waals surface area contributed by atoms with Crippen LogP contribution >= 0.6 is 11.6 Å². The van der Waals surface area contributed by atoms with Crippen molar-refractivity contribution < 1.29 is 21.6 Å². The van der Waals surface area contributed by atoms with Crippen molar-refractivity contribution in [1.82, 2.24) is 0 Å². The molecule has 9 heteroatoms. The van der Waals surface area contributed by atoms with Crippen LogP contribution in [-0.4, -0.2) is 20.7 Å². The second kappa shape index (κ2) is 6.64. The summed E-state index contributed by atoms with van der Waals surface area (Å²) in [5, 5.41) is -0.483. The Morgan fingerprint density at radius 2 is 1.90 bits per heavy atom. The van der Waals surface area contributed by atoms with E-state index in [2.05, 4.69) is 4.72 Å². The topological polar surface area (TPSA) is 72.2 Å². The molecular formula is C11H14ClF3N2O2S. The van der Waals surface area contributed by atoms with Gasteiger partial charge in [0.2, 0.25) is 10.0 Å². The number of hydrogen-bond acceptors (Lipinski definition) is 3. The predicted molar refractivity (Wildman–Crippen MR) is 72.2 cm³/mol. The Hall–Kier alpha value is -0.990. The summed E-state index contributed by atoms with van der Waals surface area (Å²) >= 11 is 5.44. The van der Waals surface area contributed by atoms with E-state index in [1.807, 2.05) is 0 Å². The standard InChI is InChI=1S/C11H14ClF3N2O2S/c12-10-4-3-8(7-9(10)11(13,14)15)17-20(18,19)6-2-1-5-16/h3-4,7,17H,1-2,5-6,16H2. The number of hydrogen-bond donors (Lipinski definition) is 2. The SMILES string of the molecule is NCCCCS(=O)(=O)Nc1ccc(Cl)c(C(F)(F)F)c1. The highest BCUT2D eigenvalue weighted by molar-refractivity contribution is 7.92. The van der Waals surface area contributed by atoms with E-state index in [9.17, 15) is 21.6 Å². The first kappa shape index (κ1) is 17.1. The zero-order valence-electron chi connectivity index (χ0n) is 10.4. The Balaban J connectivity index is 2.88. The fourth-order valence-corrected chi connectivity index (χ4v) is 2.87. The van der Waals surface area contributed by atoms with Crippen molar-refractivity contribution in [3.8, 4) is 0 Å². The van der Waals surface area contributed by atoms with E-state index in [0.717, 1.165) is 6.07 Å². The lowest BCUT2D eigenvalue weighted by atomic mass is 10.2. The number of sulfonamides is 1. The number of nitrogens with one attached hydrogen (secondary N) is 1. The molecule has 0 aromatic heterocycles. The monoisotopic (exact) mass is 330 g/mol. The number of nitrogens with two attached hydrogens (primary N) is 1. The summed E-state index contributed by atoms with van der Waals surface area (Å²) in [4.78, 5) is 0. The summed E-state index contributed by atoms with van der Waals surface area (Å²) in [6.07, 6.45) is -3.78. The van der Waals surface area contributed by atoms with Crippen LogP contribution in [0.15, 0.2) is 18.2 Å². The molecule has 0 atom stereocenters. The molecule has 0 aliphatic rings. The maximum atomic E-state index is 12.6. The van der Waals surface area contributed by atoms with Gasteiger partial charge in [-0.1, -0.05) is 11.6 Å². The maximum absolute atomic E-state index is 12.6. The molecule has 0 aliphatic carbocycles. The number of alkyl halides is 3. The van der Waals surface area contributed by atoms with Crippen molar-refractivity contribution in [3.63, 3.8) is 0 Å². The van der Waals surface area contributed by atoms with Gasteiger partial charge in [-0.05, 0) is 37.6 Å². The van der Waals surface area contributed by atoms with Crippen molar-refractivity contribution in [2.24, 2.45) is 5.73 Å². The first-order valence-corrected chi connectivity index (χ1v) is 7.76. The molecule has 0 saturated heterocycles. The molecular weight excluding hydrogens is 317 g/mol. The Morgan fingerprint density at radius 3 is 2.45 bits per heavy atom. The molecule has 0 unspecified atom stereocenters. The molecule has 0 fully saturated rings. The van der Waals surface area contributed by atoms with Gasteiger partial charge >= 0.3 is 6.18 Å². The van der Waals surface area contributed by atoms with Gasteiger partial charge in [-0.3, -0.25) is 4.72 Å². The van der Waals surface area contributed by atoms with Crippen molar-refractivity contribution in [3.05, 3.63) is 28.8 Å². The molecule has 0 spiro atoms. The summed E-state index contributed by atoms with van der Waals surface area (Å²) in [6.45, 7) is 0.356. The number of unbranched alkanes of at least 4 members (excludes halogenated alkanes) is 1. The molecule has 0 amide bonds. The van der Waals surface area contributed by atoms with Crippen molar-refractivity contribution >= 4 is 27.3 Å². The molecule has 1 rings (SSSR count). The second-order valence-corrected chi connectivity index (χ2v) is 6.36. The molecule has 20 heavy (non-hydrogen) atoms. The minimum absolute atomic E-state index is 0.172. The minimum atomic E-state index is -4.64. The van der Waals surface area contributed by atoms with Crippen molar-refractivity contribution in [2.75, 3.05) is 17.0 Å². The van der Waals surface area contributed by atoms with Crippen LogP contribution in [-0.2, 0) is 16.2 Å². The van der Waals surface area contributed by atoms with Crippen LogP contribution in [0.1, 0.15) is 18.4 Å². The zero-order valence-corrected chi connectivity index (χ0v) is 11.9. The number of halogens is 4. The van der Waals surface area contributed by atoms with E-state index in [4.69, 9.17) is 17.3 Å². The van der Waals surface area contributed by atoms with Crippen LogP contribution in [0.2, 0.25) is 5.02 Å². The van der Waals surface area contributed by atoms with E-state index >= 15 is 0 Å². The van der Waals surface area contributed by atoms with Crippen LogP contribution in [0.3, 0.4) is 0 Å². The predicted octanol–water partition coefficient (Wildman–Crippen LogP) is 2.84. The van der Waals surface area contributed by atoms with Gasteiger partial charge in [-0.15, -0.1) is 0 Å². The van der Waals surface area contributed by atoms with Gasteiger partial charge in [-0.25, -0.2) is 8.42 Å². The highest BCUT2D eigenvalue weighted by Gasteiger charge is 2.33. The van der Waals surface area contributed by atoms with Gasteiger partial charge < -0.3 is 5.73 Å². The normalized spacial score (nSPS) is 12.4. The van der Waals surface area contributed by atoms with Gasteiger partial charge in [-0.2, -0.15) is 13.2 Å². The summed E-state index contributed by atoms with van der Waals surface area (Å²) in [6, 6.07) is 2.85. The Bertz CT molecular complexity index is 561. The lowest BCUT2D eigenvalue weighted by Crippen LogP contribution is -2.18. The van der Waals surface area contributed by atoms with Crippen LogP contribution in [0, 0.1) is 0 Å². The van der Waals surface area contributed by atoms with Gasteiger partial charge in [0.15, 0.2) is 0 Å². The lowest BCUT2D eigenvalue weighted by Gasteiger charge is -2.12. The fraction of sp³-hybridized carbons (Fsp3) is 0.455. The number of anilines is 1. The van der Waals surface area contributed by atoms with Crippen LogP contribution in [0.25, 0.3) is 0 Å². The second-order valence-electron chi connectivity index (χ2n) is 4.11. The molecule has 0 heterocycles. The third kappa shape index (κ3) is 5.18. The third-order valence-corrected chi connectivity index (χ3v) is 4.11. The quantitative estimate of drug-likeness (QED) is 0.788. The van der Waals surface area contributed by atoms with Gasteiger partial charge in [0, 0.05) is 5.69 Å². The first-order valence-electron chi connectivity index (χ1n) is 5.73. The van der Waals surface area contributed by atoms with Crippen molar-refractivity contribution in [2.45, 2.75) is 19.0 Å². The Morgan fingerprint density at radius 1 is 1.25 bits per heavy atom. The molecule has 0 saturated carbocycles. The lowest BCUT2D eigenvalue weighted by molar-refractivity contribution is -0.137. The average Bonchev–Trinajstić information content (AvgIpc) is 2.30. The molecule has 1 aromatic carbocycles. The van der Waals surface area contributed by atoms with E-state index in [1.54, 1.807) is 0 Å². The van der Waals surface area contributed by atoms with Crippen LogP contribution < -0.4 is 10.5 Å². The highest BCUT2D eigenvalue weighted by Crippen LogP contribution is 2.36. The van der Waals surface area contributed by atoms with Crippen LogP contribution in [0.5, 0.6) is 0 Å². The molecule has 0 aliphatic heterocycles.